The van der Waals surface area contributed by atoms with Crippen LogP contribution in [0.1, 0.15) is 68.9 Å². The summed E-state index contributed by atoms with van der Waals surface area (Å²) in [5.41, 5.74) is -0.0287. The van der Waals surface area contributed by atoms with Gasteiger partial charge in [-0.15, -0.1) is 0 Å². The Hall–Kier alpha value is -4.20. The lowest BCUT2D eigenvalue weighted by atomic mass is 9.76. The lowest BCUT2D eigenvalue weighted by Crippen LogP contribution is -2.59. The van der Waals surface area contributed by atoms with E-state index in [-0.39, 0.29) is 18.3 Å². The first-order valence-electron chi connectivity index (χ1n) is 13.9. The van der Waals surface area contributed by atoms with E-state index in [2.05, 4.69) is 17.5 Å². The Balaban J connectivity index is 1.63. The van der Waals surface area contributed by atoms with Gasteiger partial charge in [-0.1, -0.05) is 92.7 Å². The number of cyclic esters (lactones) is 1. The van der Waals surface area contributed by atoms with Gasteiger partial charge in [-0.3, -0.25) is 9.59 Å². The molecule has 1 unspecified atom stereocenters. The number of nitrogens with zero attached hydrogens (tertiary/aromatic N) is 1. The molecule has 3 atom stereocenters. The largest absolute Gasteiger partial charge is 0.447 e. The molecule has 8 nitrogen and oxygen atoms in total. The molecule has 0 radical (unpaired) electrons. The molecule has 1 aliphatic carbocycles. The van der Waals surface area contributed by atoms with Crippen LogP contribution in [0.3, 0.4) is 0 Å². The first kappa shape index (κ1) is 29.8. The second kappa shape index (κ2) is 12.1. The Morgan fingerprint density at radius 1 is 0.976 bits per heavy atom. The van der Waals surface area contributed by atoms with Crippen molar-refractivity contribution in [1.82, 2.24) is 10.2 Å². The molecular formula is C33H38N2O6. The lowest BCUT2D eigenvalue weighted by Gasteiger charge is -2.37. The number of benzene rings is 2. The molecule has 1 fully saturated rings. The third-order valence-corrected chi connectivity index (χ3v) is 7.40. The predicted molar refractivity (Wildman–Crippen MR) is 155 cm³/mol. The van der Waals surface area contributed by atoms with Gasteiger partial charge in [0.1, 0.15) is 18.2 Å². The highest BCUT2D eigenvalue weighted by Gasteiger charge is 2.47. The van der Waals surface area contributed by atoms with E-state index in [4.69, 9.17) is 9.47 Å². The molecule has 0 saturated carbocycles. The first-order chi connectivity index (χ1) is 19.4. The monoisotopic (exact) mass is 558 g/mol. The summed E-state index contributed by atoms with van der Waals surface area (Å²) < 4.78 is 10.8. The van der Waals surface area contributed by atoms with E-state index in [0.29, 0.717) is 23.1 Å². The van der Waals surface area contributed by atoms with Crippen molar-refractivity contribution in [2.75, 3.05) is 6.61 Å². The molecule has 2 aliphatic rings. The number of imide groups is 1. The Morgan fingerprint density at radius 3 is 2.24 bits per heavy atom. The zero-order valence-corrected chi connectivity index (χ0v) is 24.3. The highest BCUT2D eigenvalue weighted by Crippen LogP contribution is 2.32. The van der Waals surface area contributed by atoms with Crippen LogP contribution >= 0.6 is 0 Å². The maximum atomic E-state index is 14.2. The molecule has 2 aromatic carbocycles. The number of hydrogen-bond acceptors (Lipinski definition) is 6. The van der Waals surface area contributed by atoms with Crippen LogP contribution < -0.4 is 5.32 Å². The SMILES string of the molecule is CC(C)(C)OC(=O)N[C@H](C(=O)N1C(=O)OC[C@@H]1CC1C=CC=CC1)C(C)(C)c1ccc(C(=O)c2ccccc2)cc1. The zero-order chi connectivity index (χ0) is 29.8. The summed E-state index contributed by atoms with van der Waals surface area (Å²) in [5, 5.41) is 2.74. The molecule has 8 heteroatoms. The second-order valence-electron chi connectivity index (χ2n) is 12.1. The fraction of sp³-hybridized carbons (Fsp3) is 0.394. The fourth-order valence-electron chi connectivity index (χ4n) is 5.15. The Kier molecular flexibility index (Phi) is 8.80. The second-order valence-corrected chi connectivity index (χ2v) is 12.1. The molecular weight excluding hydrogens is 520 g/mol. The minimum Gasteiger partial charge on any atom is -0.447 e. The van der Waals surface area contributed by atoms with Gasteiger partial charge < -0.3 is 14.8 Å². The third-order valence-electron chi connectivity index (χ3n) is 7.40. The molecule has 3 amide bonds. The summed E-state index contributed by atoms with van der Waals surface area (Å²) in [5.74, 6) is -0.536. The molecule has 1 heterocycles. The minimum absolute atomic E-state index is 0.0918. The topological polar surface area (TPSA) is 102 Å². The number of nitrogens with one attached hydrogen (secondary N) is 1. The van der Waals surface area contributed by atoms with E-state index in [0.717, 1.165) is 11.3 Å². The van der Waals surface area contributed by atoms with Gasteiger partial charge in [0.05, 0.1) is 6.04 Å². The average molecular weight is 559 g/mol. The number of rotatable bonds is 8. The summed E-state index contributed by atoms with van der Waals surface area (Å²) in [6.45, 7) is 8.91. The highest BCUT2D eigenvalue weighted by atomic mass is 16.6. The number of alkyl carbamates (subject to hydrolysis) is 1. The molecule has 4 rings (SSSR count). The van der Waals surface area contributed by atoms with E-state index < -0.39 is 41.2 Å². The van der Waals surface area contributed by atoms with Crippen molar-refractivity contribution in [3.63, 3.8) is 0 Å². The van der Waals surface area contributed by atoms with E-state index in [1.165, 1.54) is 0 Å². The first-order valence-corrected chi connectivity index (χ1v) is 13.9. The van der Waals surface area contributed by atoms with Gasteiger partial charge >= 0.3 is 12.2 Å². The number of ketones is 1. The van der Waals surface area contributed by atoms with E-state index in [9.17, 15) is 19.2 Å². The summed E-state index contributed by atoms with van der Waals surface area (Å²) >= 11 is 0. The van der Waals surface area contributed by atoms with Crippen LogP contribution in [0, 0.1) is 5.92 Å². The third kappa shape index (κ3) is 7.12. The van der Waals surface area contributed by atoms with Gasteiger partial charge in [0.25, 0.3) is 5.91 Å². The summed E-state index contributed by atoms with van der Waals surface area (Å²) in [6, 6.07) is 14.3. The van der Waals surface area contributed by atoms with Gasteiger partial charge in [0.15, 0.2) is 5.78 Å². The van der Waals surface area contributed by atoms with Crippen LogP contribution in [-0.4, -0.2) is 53.1 Å². The summed E-state index contributed by atoms with van der Waals surface area (Å²) in [7, 11) is 0. The standard InChI is InChI=1S/C33H38N2O6/c1-32(2,3)41-30(38)34-28(29(37)35-26(21-40-31(35)39)20-22-12-8-6-9-13-22)33(4,5)25-18-16-24(17-19-25)27(36)23-14-10-7-11-15-23/h6-12,14-19,22,26,28H,13,20-21H2,1-5H3,(H,34,38)/t22?,26-,28+/m0/s1. The van der Waals surface area contributed by atoms with Crippen LogP contribution in [-0.2, 0) is 19.7 Å². The molecule has 216 valence electrons. The van der Waals surface area contributed by atoms with Gasteiger partial charge in [0, 0.05) is 16.5 Å². The van der Waals surface area contributed by atoms with Gasteiger partial charge in [-0.2, -0.15) is 0 Å². The Labute approximate surface area is 241 Å². The van der Waals surface area contributed by atoms with Crippen molar-refractivity contribution in [3.05, 3.63) is 95.6 Å². The number of hydrogen-bond donors (Lipinski definition) is 1. The van der Waals surface area contributed by atoms with Crippen LogP contribution in [0.25, 0.3) is 0 Å². The highest BCUT2D eigenvalue weighted by molar-refractivity contribution is 6.09. The molecule has 0 aromatic heterocycles. The smallest absolute Gasteiger partial charge is 0.417 e. The van der Waals surface area contributed by atoms with Crippen LogP contribution in [0.2, 0.25) is 0 Å². The van der Waals surface area contributed by atoms with Crippen LogP contribution in [0.4, 0.5) is 9.59 Å². The molecule has 1 N–H and O–H groups in total. The van der Waals surface area contributed by atoms with Gasteiger partial charge in [-0.05, 0) is 45.1 Å². The van der Waals surface area contributed by atoms with Crippen molar-refractivity contribution < 1.29 is 28.7 Å². The number of carbonyl (C=O) groups excluding carboxylic acids is 4. The summed E-state index contributed by atoms with van der Waals surface area (Å²) in [4.78, 5) is 54.1. The number of ether oxygens (including phenoxy) is 2. The number of amides is 3. The van der Waals surface area contributed by atoms with Crippen molar-refractivity contribution in [2.24, 2.45) is 5.92 Å². The molecule has 0 spiro atoms. The number of carbonyl (C=O) groups is 4. The molecule has 1 saturated heterocycles. The van der Waals surface area contributed by atoms with Crippen molar-refractivity contribution >= 4 is 23.9 Å². The zero-order valence-electron chi connectivity index (χ0n) is 24.3. The maximum Gasteiger partial charge on any atom is 0.417 e. The Morgan fingerprint density at radius 2 is 1.63 bits per heavy atom. The predicted octanol–water partition coefficient (Wildman–Crippen LogP) is 5.96. The van der Waals surface area contributed by atoms with Gasteiger partial charge in [-0.25, -0.2) is 14.5 Å². The normalized spacial score (nSPS) is 19.4. The average Bonchev–Trinajstić information content (AvgIpc) is 3.30. The maximum absolute atomic E-state index is 14.2. The Bertz CT molecular complexity index is 1340. The van der Waals surface area contributed by atoms with Crippen LogP contribution in [0.5, 0.6) is 0 Å². The van der Waals surface area contributed by atoms with Gasteiger partial charge in [0.2, 0.25) is 0 Å². The number of allylic oxidation sites excluding steroid dienone is 4. The minimum atomic E-state index is -1.16. The summed E-state index contributed by atoms with van der Waals surface area (Å²) in [6.07, 6.45) is 7.89. The van der Waals surface area contributed by atoms with Crippen LogP contribution in [0.15, 0.2) is 78.9 Å². The lowest BCUT2D eigenvalue weighted by molar-refractivity contribution is -0.133. The quantitative estimate of drug-likeness (QED) is 0.401. The fourth-order valence-corrected chi connectivity index (χ4v) is 5.15. The molecule has 41 heavy (non-hydrogen) atoms. The van der Waals surface area contributed by atoms with Crippen molar-refractivity contribution in [1.29, 1.82) is 0 Å². The molecule has 2 aromatic rings. The van der Waals surface area contributed by atoms with Crippen molar-refractivity contribution in [2.45, 2.75) is 70.6 Å². The molecule has 0 bridgehead atoms. The molecule has 1 aliphatic heterocycles. The van der Waals surface area contributed by atoms with E-state index >= 15 is 0 Å². The van der Waals surface area contributed by atoms with E-state index in [1.54, 1.807) is 69.3 Å². The van der Waals surface area contributed by atoms with E-state index in [1.807, 2.05) is 32.1 Å². The van der Waals surface area contributed by atoms with Crippen molar-refractivity contribution in [3.8, 4) is 0 Å².